The summed E-state index contributed by atoms with van der Waals surface area (Å²) in [6.45, 7) is 11.1. The number of methoxy groups -OCH3 is 1. The Kier molecular flexibility index (Phi) is 5.63. The predicted octanol–water partition coefficient (Wildman–Crippen LogP) is 3.63. The van der Waals surface area contributed by atoms with Gasteiger partial charge in [-0.3, -0.25) is 29.0 Å². The first-order valence-corrected chi connectivity index (χ1v) is 13.0. The van der Waals surface area contributed by atoms with Crippen LogP contribution in [0.5, 0.6) is 11.5 Å². The van der Waals surface area contributed by atoms with E-state index in [1.165, 1.54) is 16.9 Å². The maximum Gasteiger partial charge on any atom is 0.234 e. The average Bonchev–Trinajstić information content (AvgIpc) is 3.21. The van der Waals surface area contributed by atoms with E-state index in [2.05, 4.69) is 0 Å². The van der Waals surface area contributed by atoms with Crippen LogP contribution < -0.4 is 4.74 Å². The molecular weight excluding hydrogens is 472 g/mol. The second-order valence-electron chi connectivity index (χ2n) is 12.8. The first-order chi connectivity index (χ1) is 17.2. The highest BCUT2D eigenvalue weighted by Gasteiger charge is 2.63. The lowest BCUT2D eigenvalue weighted by atomic mass is 9.57. The molecule has 3 fully saturated rings. The van der Waals surface area contributed by atoms with Gasteiger partial charge in [0.25, 0.3) is 0 Å². The fourth-order valence-electron chi connectivity index (χ4n) is 7.19. The Morgan fingerprint density at radius 2 is 1.38 bits per heavy atom. The van der Waals surface area contributed by atoms with Gasteiger partial charge in [-0.2, -0.15) is 0 Å². The first-order valence-electron chi connectivity index (χ1n) is 13.0. The van der Waals surface area contributed by atoms with Gasteiger partial charge >= 0.3 is 0 Å². The van der Waals surface area contributed by atoms with Gasteiger partial charge in [-0.25, -0.2) is 0 Å². The Labute approximate surface area is 217 Å². The summed E-state index contributed by atoms with van der Waals surface area (Å²) >= 11 is 0. The lowest BCUT2D eigenvalue weighted by Gasteiger charge is -2.44. The molecule has 1 N–H and O–H groups in total. The molecule has 1 aromatic rings. The van der Waals surface area contributed by atoms with E-state index in [1.54, 1.807) is 12.1 Å². The number of allylic oxidation sites excluding steroid dienone is 2. The number of aromatic hydroxyl groups is 1. The van der Waals surface area contributed by atoms with Gasteiger partial charge in [-0.15, -0.1) is 0 Å². The highest BCUT2D eigenvalue weighted by molar-refractivity contribution is 6.08. The molecule has 1 saturated carbocycles. The number of rotatable bonds is 2. The molecule has 4 amide bonds. The lowest BCUT2D eigenvalue weighted by molar-refractivity contribution is -0.147. The van der Waals surface area contributed by atoms with E-state index in [0.717, 1.165) is 5.57 Å². The molecule has 4 aliphatic rings. The summed E-state index contributed by atoms with van der Waals surface area (Å²) in [7, 11) is 1.47. The zero-order valence-electron chi connectivity index (χ0n) is 22.6. The van der Waals surface area contributed by atoms with Crippen LogP contribution in [0.2, 0.25) is 0 Å². The highest BCUT2D eigenvalue weighted by atomic mass is 16.5. The van der Waals surface area contributed by atoms with E-state index in [1.807, 2.05) is 53.7 Å². The molecule has 2 aliphatic heterocycles. The van der Waals surface area contributed by atoms with Gasteiger partial charge in [-0.05, 0) is 78.0 Å². The molecular formula is C29H36N2O6. The topological polar surface area (TPSA) is 104 Å². The lowest BCUT2D eigenvalue weighted by Crippen LogP contribution is -2.47. The Hall–Kier alpha value is -3.16. The van der Waals surface area contributed by atoms with E-state index < -0.39 is 40.7 Å². The molecule has 5 rings (SSSR count). The summed E-state index contributed by atoms with van der Waals surface area (Å²) in [6, 6.07) is 5.07. The minimum atomic E-state index is -0.692. The highest BCUT2D eigenvalue weighted by Crippen LogP contribution is 2.59. The monoisotopic (exact) mass is 508 g/mol. The van der Waals surface area contributed by atoms with Crippen LogP contribution in [0.15, 0.2) is 29.8 Å². The number of likely N-dealkylation sites (tertiary alicyclic amines) is 2. The van der Waals surface area contributed by atoms with Gasteiger partial charge in [0, 0.05) is 17.0 Å². The van der Waals surface area contributed by atoms with Crippen molar-refractivity contribution in [3.05, 3.63) is 35.4 Å². The molecule has 2 heterocycles. The second kappa shape index (κ2) is 8.17. The van der Waals surface area contributed by atoms with Crippen molar-refractivity contribution >= 4 is 23.6 Å². The number of carbonyl (C=O) groups is 4. The summed E-state index contributed by atoms with van der Waals surface area (Å²) < 4.78 is 5.23. The van der Waals surface area contributed by atoms with Crippen LogP contribution in [-0.4, -0.2) is 56.7 Å². The van der Waals surface area contributed by atoms with Crippen LogP contribution in [-0.2, 0) is 19.2 Å². The molecule has 2 saturated heterocycles. The summed E-state index contributed by atoms with van der Waals surface area (Å²) in [5.74, 6) is -3.64. The number of hydrogen-bond acceptors (Lipinski definition) is 6. The van der Waals surface area contributed by atoms with Gasteiger partial charge in [0.2, 0.25) is 23.6 Å². The number of hydrogen-bond donors (Lipinski definition) is 1. The van der Waals surface area contributed by atoms with Gasteiger partial charge in [-0.1, -0.05) is 17.7 Å². The van der Waals surface area contributed by atoms with Crippen LogP contribution >= 0.6 is 0 Å². The van der Waals surface area contributed by atoms with Crippen molar-refractivity contribution in [2.24, 2.45) is 29.6 Å². The number of amides is 4. The Bertz CT molecular complexity index is 1240. The van der Waals surface area contributed by atoms with Crippen molar-refractivity contribution in [1.82, 2.24) is 9.80 Å². The van der Waals surface area contributed by atoms with Crippen molar-refractivity contribution in [3.8, 4) is 11.5 Å². The number of benzene rings is 1. The van der Waals surface area contributed by atoms with Crippen molar-refractivity contribution in [2.75, 3.05) is 7.11 Å². The number of ether oxygens (including phenoxy) is 1. The molecule has 1 aromatic carbocycles. The Balaban J connectivity index is 1.66. The van der Waals surface area contributed by atoms with Crippen LogP contribution in [0.25, 0.3) is 0 Å². The molecule has 8 heteroatoms. The van der Waals surface area contributed by atoms with E-state index in [-0.39, 0.29) is 35.3 Å². The van der Waals surface area contributed by atoms with Crippen LogP contribution in [0, 0.1) is 29.6 Å². The zero-order chi connectivity index (χ0) is 27.2. The molecule has 0 bridgehead atoms. The van der Waals surface area contributed by atoms with Gasteiger partial charge in [0.15, 0.2) is 11.5 Å². The Morgan fingerprint density at radius 1 is 0.811 bits per heavy atom. The average molecular weight is 509 g/mol. The van der Waals surface area contributed by atoms with Crippen molar-refractivity contribution in [3.63, 3.8) is 0 Å². The maximum atomic E-state index is 13.9. The van der Waals surface area contributed by atoms with Crippen molar-refractivity contribution < 1.29 is 29.0 Å². The van der Waals surface area contributed by atoms with Crippen molar-refractivity contribution in [2.45, 2.75) is 71.4 Å². The summed E-state index contributed by atoms with van der Waals surface area (Å²) in [4.78, 5) is 57.5. The number of phenols is 1. The minimum Gasteiger partial charge on any atom is -0.504 e. The SMILES string of the molecule is COc1ccc(C2C3=CCC4C(=O)N(C(C)(C)C)C(=O)C4C3CC3C(=O)N(C(C)(C)C)C(=O)C32)cc1O. The van der Waals surface area contributed by atoms with Crippen LogP contribution in [0.3, 0.4) is 0 Å². The molecule has 198 valence electrons. The third-order valence-electron chi connectivity index (χ3n) is 8.55. The first kappa shape index (κ1) is 25.5. The number of fused-ring (bicyclic) bond motifs is 4. The fourth-order valence-corrected chi connectivity index (χ4v) is 7.19. The third-order valence-corrected chi connectivity index (χ3v) is 8.55. The quantitative estimate of drug-likeness (QED) is 0.483. The second-order valence-corrected chi connectivity index (χ2v) is 12.8. The van der Waals surface area contributed by atoms with E-state index in [0.29, 0.717) is 24.2 Å². The summed E-state index contributed by atoms with van der Waals surface area (Å²) in [5, 5.41) is 10.6. The van der Waals surface area contributed by atoms with E-state index in [4.69, 9.17) is 4.74 Å². The largest absolute Gasteiger partial charge is 0.504 e. The third kappa shape index (κ3) is 3.62. The predicted molar refractivity (Wildman–Crippen MR) is 135 cm³/mol. The number of imide groups is 2. The van der Waals surface area contributed by atoms with E-state index >= 15 is 0 Å². The smallest absolute Gasteiger partial charge is 0.234 e. The van der Waals surface area contributed by atoms with E-state index in [9.17, 15) is 24.3 Å². The normalized spacial score (nSPS) is 31.8. The van der Waals surface area contributed by atoms with Crippen molar-refractivity contribution in [1.29, 1.82) is 0 Å². The zero-order valence-corrected chi connectivity index (χ0v) is 22.6. The molecule has 6 unspecified atom stereocenters. The number of phenolic OH excluding ortho intramolecular Hbond substituents is 1. The number of carbonyl (C=O) groups excluding carboxylic acids is 4. The van der Waals surface area contributed by atoms with Crippen LogP contribution in [0.4, 0.5) is 0 Å². The molecule has 8 nitrogen and oxygen atoms in total. The molecule has 2 aliphatic carbocycles. The van der Waals surface area contributed by atoms with Gasteiger partial charge in [0.05, 0.1) is 30.8 Å². The molecule has 37 heavy (non-hydrogen) atoms. The van der Waals surface area contributed by atoms with Gasteiger partial charge < -0.3 is 9.84 Å². The Morgan fingerprint density at radius 3 is 1.92 bits per heavy atom. The fraction of sp³-hybridized carbons (Fsp3) is 0.586. The minimum absolute atomic E-state index is 0.0524. The van der Waals surface area contributed by atoms with Gasteiger partial charge in [0.1, 0.15) is 0 Å². The molecule has 0 radical (unpaired) electrons. The summed E-state index contributed by atoms with van der Waals surface area (Å²) in [6.07, 6.45) is 2.78. The number of nitrogens with zero attached hydrogens (tertiary/aromatic N) is 2. The standard InChI is InChI=1S/C29H36N2O6/c1-28(2,3)30-24(33)16-10-9-15-17(22(16)26(30)35)13-18-23(27(36)31(25(18)34)29(4,5)6)21(15)14-8-11-20(37-7)19(32)12-14/h8-9,11-12,16-18,21-23,32H,10,13H2,1-7H3. The molecule has 6 atom stereocenters. The summed E-state index contributed by atoms with van der Waals surface area (Å²) in [5.41, 5.74) is 0.277. The molecule has 0 spiro atoms. The van der Waals surface area contributed by atoms with Crippen LogP contribution in [0.1, 0.15) is 65.9 Å². The maximum absolute atomic E-state index is 13.9. The molecule has 0 aromatic heterocycles.